The molecule has 0 atom stereocenters. The largest absolute Gasteiger partial charge is 0.453 e. The van der Waals surface area contributed by atoms with Crippen molar-refractivity contribution in [2.75, 3.05) is 11.9 Å². The summed E-state index contributed by atoms with van der Waals surface area (Å²) in [4.78, 5) is 0. The van der Waals surface area contributed by atoms with Crippen LogP contribution >= 0.6 is 27.5 Å². The molecule has 2 heterocycles. The Morgan fingerprint density at radius 3 is 2.71 bits per heavy atom. The van der Waals surface area contributed by atoms with E-state index < -0.39 is 12.0 Å². The van der Waals surface area contributed by atoms with Crippen LogP contribution < -0.4 is 5.32 Å². The van der Waals surface area contributed by atoms with E-state index in [1.54, 1.807) is 12.1 Å². The normalized spacial score (nSPS) is 11.9. The third-order valence-electron chi connectivity index (χ3n) is 3.22. The smallest absolute Gasteiger partial charge is 0.368 e. The van der Waals surface area contributed by atoms with Crippen LogP contribution in [-0.4, -0.2) is 26.4 Å². The molecule has 0 fully saturated rings. The van der Waals surface area contributed by atoms with Gasteiger partial charge in [-0.05, 0) is 42.3 Å². The summed E-state index contributed by atoms with van der Waals surface area (Å²) in [7, 11) is 0. The summed E-state index contributed by atoms with van der Waals surface area (Å²) >= 11 is 9.38. The van der Waals surface area contributed by atoms with Crippen molar-refractivity contribution in [1.29, 1.82) is 0 Å². The number of fused-ring (bicyclic) bond motifs is 1. The monoisotopic (exact) mass is 419 g/mol. The average Bonchev–Trinajstić information content (AvgIpc) is 2.94. The van der Waals surface area contributed by atoms with Gasteiger partial charge in [0.15, 0.2) is 5.65 Å². The first-order valence-corrected chi connectivity index (χ1v) is 7.99. The Hall–Kier alpha value is -1.87. The maximum absolute atomic E-state index is 12.8. The second kappa shape index (κ2) is 6.56. The zero-order chi connectivity index (χ0) is 17.3. The van der Waals surface area contributed by atoms with Gasteiger partial charge in [-0.2, -0.15) is 17.7 Å². The van der Waals surface area contributed by atoms with E-state index in [9.17, 15) is 13.2 Å². The summed E-state index contributed by atoms with van der Waals surface area (Å²) in [5, 5.41) is 14.1. The van der Waals surface area contributed by atoms with Crippen LogP contribution in [0.3, 0.4) is 0 Å². The van der Waals surface area contributed by atoms with E-state index in [0.29, 0.717) is 28.3 Å². The van der Waals surface area contributed by atoms with Crippen LogP contribution in [-0.2, 0) is 12.6 Å². The minimum Gasteiger partial charge on any atom is -0.368 e. The second-order valence-corrected chi connectivity index (χ2v) is 6.21. The molecule has 0 amide bonds. The van der Waals surface area contributed by atoms with Gasteiger partial charge in [0.1, 0.15) is 5.82 Å². The zero-order valence-electron chi connectivity index (χ0n) is 12.0. The molecule has 5 nitrogen and oxygen atoms in total. The van der Waals surface area contributed by atoms with Crippen molar-refractivity contribution in [1.82, 2.24) is 19.8 Å². The molecule has 0 aliphatic rings. The number of hydrogen-bond acceptors (Lipinski definition) is 4. The minimum atomic E-state index is -4.61. The first-order chi connectivity index (χ1) is 11.3. The summed E-state index contributed by atoms with van der Waals surface area (Å²) in [5.74, 6) is -0.857. The molecule has 0 bridgehead atoms. The summed E-state index contributed by atoms with van der Waals surface area (Å²) in [6.07, 6.45) is -3.99. The number of hydrogen-bond donors (Lipinski definition) is 1. The number of aromatic nitrogens is 4. The molecule has 10 heteroatoms. The Balaban J connectivity index is 1.75. The van der Waals surface area contributed by atoms with E-state index in [1.165, 1.54) is 6.07 Å². The number of benzene rings is 1. The lowest BCUT2D eigenvalue weighted by atomic mass is 10.1. The van der Waals surface area contributed by atoms with Crippen LogP contribution in [0.1, 0.15) is 11.4 Å². The van der Waals surface area contributed by atoms with Gasteiger partial charge in [0, 0.05) is 16.0 Å². The Labute approximate surface area is 148 Å². The van der Waals surface area contributed by atoms with E-state index in [1.807, 2.05) is 12.1 Å². The first kappa shape index (κ1) is 17.0. The molecule has 24 heavy (non-hydrogen) atoms. The Kier molecular flexibility index (Phi) is 4.64. The van der Waals surface area contributed by atoms with Gasteiger partial charge in [-0.15, -0.1) is 15.3 Å². The number of halogens is 5. The summed E-state index contributed by atoms with van der Waals surface area (Å²) in [6.45, 7) is 0.473. The lowest BCUT2D eigenvalue weighted by Crippen LogP contribution is -2.14. The third kappa shape index (κ3) is 3.62. The Bertz CT molecular complexity index is 880. The van der Waals surface area contributed by atoms with Crippen molar-refractivity contribution in [3.8, 4) is 0 Å². The van der Waals surface area contributed by atoms with Gasteiger partial charge in [-0.1, -0.05) is 27.5 Å². The Morgan fingerprint density at radius 2 is 1.96 bits per heavy atom. The maximum atomic E-state index is 12.8. The molecule has 0 unspecified atom stereocenters. The topological polar surface area (TPSA) is 55.1 Å². The molecule has 0 saturated heterocycles. The number of rotatable bonds is 4. The van der Waals surface area contributed by atoms with E-state index in [4.69, 9.17) is 11.6 Å². The molecule has 0 spiro atoms. The van der Waals surface area contributed by atoms with Crippen LogP contribution in [0.15, 0.2) is 34.8 Å². The van der Waals surface area contributed by atoms with Crippen LogP contribution in [0, 0.1) is 0 Å². The van der Waals surface area contributed by atoms with Gasteiger partial charge in [0.25, 0.3) is 5.82 Å². The fourth-order valence-corrected chi connectivity index (χ4v) is 2.76. The predicted octanol–water partition coefficient (Wildman–Crippen LogP) is 4.21. The van der Waals surface area contributed by atoms with Crippen molar-refractivity contribution in [3.05, 3.63) is 51.2 Å². The summed E-state index contributed by atoms with van der Waals surface area (Å²) in [5.41, 5.74) is 1.02. The average molecular weight is 421 g/mol. The van der Waals surface area contributed by atoms with Crippen LogP contribution in [0.2, 0.25) is 5.02 Å². The van der Waals surface area contributed by atoms with Crippen LogP contribution in [0.25, 0.3) is 5.65 Å². The van der Waals surface area contributed by atoms with Gasteiger partial charge in [-0.3, -0.25) is 0 Å². The Morgan fingerprint density at radius 1 is 1.17 bits per heavy atom. The third-order valence-corrected chi connectivity index (χ3v) is 4.23. The predicted molar refractivity (Wildman–Crippen MR) is 87.1 cm³/mol. The van der Waals surface area contributed by atoms with Crippen molar-refractivity contribution < 1.29 is 13.2 Å². The van der Waals surface area contributed by atoms with Crippen molar-refractivity contribution >= 4 is 39.0 Å². The van der Waals surface area contributed by atoms with E-state index in [-0.39, 0.29) is 5.65 Å². The number of nitrogens with one attached hydrogen (secondary N) is 1. The fraction of sp³-hybridized carbons (Fsp3) is 0.214. The lowest BCUT2D eigenvalue weighted by Gasteiger charge is -2.09. The first-order valence-electron chi connectivity index (χ1n) is 6.82. The minimum absolute atomic E-state index is 0.0328. The quantitative estimate of drug-likeness (QED) is 0.687. The second-order valence-electron chi connectivity index (χ2n) is 4.92. The van der Waals surface area contributed by atoms with Crippen LogP contribution in [0.5, 0.6) is 0 Å². The van der Waals surface area contributed by atoms with E-state index in [2.05, 4.69) is 36.5 Å². The molecular formula is C14H10BrClF3N5. The van der Waals surface area contributed by atoms with Gasteiger partial charge in [-0.25, -0.2) is 0 Å². The van der Waals surface area contributed by atoms with Gasteiger partial charge < -0.3 is 5.32 Å². The maximum Gasteiger partial charge on any atom is 0.453 e. The lowest BCUT2D eigenvalue weighted by molar-refractivity contribution is -0.146. The van der Waals surface area contributed by atoms with Crippen molar-refractivity contribution in [2.24, 2.45) is 0 Å². The molecule has 126 valence electrons. The van der Waals surface area contributed by atoms with Gasteiger partial charge in [0.2, 0.25) is 0 Å². The number of nitrogens with zero attached hydrogens (tertiary/aromatic N) is 4. The number of anilines is 1. The van der Waals surface area contributed by atoms with E-state index in [0.717, 1.165) is 10.0 Å². The SMILES string of the molecule is FC(F)(F)c1nnc2ccc(NCCc3cc(Cl)ccc3Br)nn12. The van der Waals surface area contributed by atoms with Crippen LogP contribution in [0.4, 0.5) is 19.0 Å². The highest BCUT2D eigenvalue weighted by molar-refractivity contribution is 9.10. The molecule has 3 rings (SSSR count). The molecule has 0 aliphatic carbocycles. The molecule has 0 aliphatic heterocycles. The van der Waals surface area contributed by atoms with Crippen molar-refractivity contribution in [2.45, 2.75) is 12.6 Å². The number of alkyl halides is 3. The molecule has 0 radical (unpaired) electrons. The molecule has 1 N–H and O–H groups in total. The highest BCUT2D eigenvalue weighted by Gasteiger charge is 2.37. The molecular weight excluding hydrogens is 411 g/mol. The molecule has 1 aromatic carbocycles. The summed E-state index contributed by atoms with van der Waals surface area (Å²) < 4.78 is 40.1. The fourth-order valence-electron chi connectivity index (χ4n) is 2.12. The van der Waals surface area contributed by atoms with Gasteiger partial charge in [0.05, 0.1) is 0 Å². The molecule has 2 aromatic heterocycles. The summed E-state index contributed by atoms with van der Waals surface area (Å²) in [6, 6.07) is 8.41. The molecule has 3 aromatic rings. The highest BCUT2D eigenvalue weighted by atomic mass is 79.9. The highest BCUT2D eigenvalue weighted by Crippen LogP contribution is 2.27. The van der Waals surface area contributed by atoms with E-state index >= 15 is 0 Å². The van der Waals surface area contributed by atoms with Gasteiger partial charge >= 0.3 is 6.18 Å². The van der Waals surface area contributed by atoms with Crippen molar-refractivity contribution in [3.63, 3.8) is 0 Å². The zero-order valence-corrected chi connectivity index (χ0v) is 14.3. The molecule has 0 saturated carbocycles. The standard InChI is InChI=1S/C14H10BrClF3N5/c15-10-2-1-9(16)7-8(10)5-6-20-11-3-4-12-21-22-13(14(17,18)19)24(12)23-11/h1-4,7H,5-6H2,(H,20,23).